The van der Waals surface area contributed by atoms with Crippen molar-refractivity contribution in [3.63, 3.8) is 0 Å². The van der Waals surface area contributed by atoms with E-state index in [0.29, 0.717) is 5.92 Å². The summed E-state index contributed by atoms with van der Waals surface area (Å²) in [7, 11) is 4.06. The van der Waals surface area contributed by atoms with E-state index in [1.54, 1.807) is 0 Å². The van der Waals surface area contributed by atoms with E-state index in [1.165, 1.54) is 11.5 Å². The molecule has 0 spiro atoms. The molecule has 1 heterocycles. The highest BCUT2D eigenvalue weighted by molar-refractivity contribution is 7.09. The number of hydrogen-bond acceptors (Lipinski definition) is 5. The summed E-state index contributed by atoms with van der Waals surface area (Å²) in [5.74, 6) is 1.57. The first-order chi connectivity index (χ1) is 7.17. The Balaban J connectivity index is 2.49. The van der Waals surface area contributed by atoms with Gasteiger partial charge in [-0.2, -0.15) is 4.37 Å². The summed E-state index contributed by atoms with van der Waals surface area (Å²) in [6.07, 6.45) is 0.913. The molecule has 0 radical (unpaired) electrons. The molecule has 86 valence electrons. The second kappa shape index (κ2) is 6.02. The molecule has 0 bridgehead atoms. The van der Waals surface area contributed by atoms with Crippen LogP contribution in [0.1, 0.15) is 19.7 Å². The van der Waals surface area contributed by atoms with Crippen molar-refractivity contribution < 1.29 is 0 Å². The van der Waals surface area contributed by atoms with Gasteiger partial charge in [0.2, 0.25) is 5.13 Å². The van der Waals surface area contributed by atoms with Gasteiger partial charge in [-0.3, -0.25) is 0 Å². The van der Waals surface area contributed by atoms with E-state index < -0.39 is 0 Å². The minimum absolute atomic E-state index is 0.619. The van der Waals surface area contributed by atoms with Gasteiger partial charge in [0, 0.05) is 31.5 Å². The number of hydrogen-bond donors (Lipinski definition) is 1. The lowest BCUT2D eigenvalue weighted by molar-refractivity contribution is 0.542. The molecule has 0 saturated heterocycles. The standard InChI is InChI=1S/C10H20N4S/c1-5-9-12-10(15-13-9)14(4)7-8(2)6-11-3/h8,11H,5-7H2,1-4H3. The molecule has 0 amide bonds. The molecular weight excluding hydrogens is 208 g/mol. The Bertz CT molecular complexity index is 287. The van der Waals surface area contributed by atoms with Gasteiger partial charge in [-0.05, 0) is 19.5 Å². The number of nitrogens with zero attached hydrogens (tertiary/aromatic N) is 3. The molecule has 1 atom stereocenters. The average molecular weight is 228 g/mol. The van der Waals surface area contributed by atoms with E-state index >= 15 is 0 Å². The molecule has 1 unspecified atom stereocenters. The van der Waals surface area contributed by atoms with Gasteiger partial charge in [0.05, 0.1) is 0 Å². The normalized spacial score (nSPS) is 12.8. The monoisotopic (exact) mass is 228 g/mol. The van der Waals surface area contributed by atoms with E-state index in [9.17, 15) is 0 Å². The van der Waals surface area contributed by atoms with Crippen molar-refractivity contribution in [3.05, 3.63) is 5.82 Å². The van der Waals surface area contributed by atoms with Crippen LogP contribution >= 0.6 is 11.5 Å². The molecule has 0 fully saturated rings. The summed E-state index contributed by atoms with van der Waals surface area (Å²) in [5.41, 5.74) is 0. The van der Waals surface area contributed by atoms with E-state index in [4.69, 9.17) is 0 Å². The van der Waals surface area contributed by atoms with Crippen LogP contribution < -0.4 is 10.2 Å². The molecule has 1 aromatic rings. The van der Waals surface area contributed by atoms with Crippen LogP contribution in [0.4, 0.5) is 5.13 Å². The van der Waals surface area contributed by atoms with Crippen LogP contribution in [0.15, 0.2) is 0 Å². The Kier molecular flexibility index (Phi) is 4.98. The van der Waals surface area contributed by atoms with E-state index in [-0.39, 0.29) is 0 Å². The smallest absolute Gasteiger partial charge is 0.204 e. The molecule has 0 aliphatic rings. The number of aryl methyl sites for hydroxylation is 1. The van der Waals surface area contributed by atoms with Crippen LogP contribution in [0, 0.1) is 5.92 Å². The van der Waals surface area contributed by atoms with Crippen LogP contribution in [0.2, 0.25) is 0 Å². The van der Waals surface area contributed by atoms with Gasteiger partial charge in [0.25, 0.3) is 0 Å². The number of rotatable bonds is 6. The summed E-state index contributed by atoms with van der Waals surface area (Å²) >= 11 is 1.49. The lowest BCUT2D eigenvalue weighted by Crippen LogP contribution is -2.29. The molecule has 1 aromatic heterocycles. The average Bonchev–Trinajstić information content (AvgIpc) is 2.66. The van der Waals surface area contributed by atoms with Crippen LogP contribution in [-0.4, -0.2) is 36.5 Å². The fraction of sp³-hybridized carbons (Fsp3) is 0.800. The lowest BCUT2D eigenvalue weighted by atomic mass is 10.2. The largest absolute Gasteiger partial charge is 0.350 e. The molecule has 4 nitrogen and oxygen atoms in total. The van der Waals surface area contributed by atoms with Gasteiger partial charge in [-0.15, -0.1) is 0 Å². The van der Waals surface area contributed by atoms with Gasteiger partial charge < -0.3 is 10.2 Å². The number of anilines is 1. The molecular formula is C10H20N4S. The first-order valence-electron chi connectivity index (χ1n) is 5.35. The minimum Gasteiger partial charge on any atom is -0.350 e. The van der Waals surface area contributed by atoms with Crippen LogP contribution in [0.3, 0.4) is 0 Å². The quantitative estimate of drug-likeness (QED) is 0.799. The predicted molar refractivity (Wildman–Crippen MR) is 65.6 cm³/mol. The molecule has 5 heteroatoms. The van der Waals surface area contributed by atoms with Crippen LogP contribution in [-0.2, 0) is 6.42 Å². The summed E-state index contributed by atoms with van der Waals surface area (Å²) in [4.78, 5) is 6.63. The second-order valence-electron chi connectivity index (χ2n) is 3.89. The SMILES string of the molecule is CCc1nsc(N(C)CC(C)CNC)n1. The first-order valence-corrected chi connectivity index (χ1v) is 6.13. The fourth-order valence-electron chi connectivity index (χ4n) is 1.50. The molecule has 1 N–H and O–H groups in total. The van der Waals surface area contributed by atoms with Gasteiger partial charge >= 0.3 is 0 Å². The molecule has 0 aliphatic heterocycles. The maximum absolute atomic E-state index is 4.45. The maximum atomic E-state index is 4.45. The Hall–Kier alpha value is -0.680. The third-order valence-electron chi connectivity index (χ3n) is 2.24. The van der Waals surface area contributed by atoms with Gasteiger partial charge in [-0.1, -0.05) is 13.8 Å². The zero-order valence-electron chi connectivity index (χ0n) is 9.95. The van der Waals surface area contributed by atoms with Crippen molar-refractivity contribution >= 4 is 16.7 Å². The Morgan fingerprint density at radius 3 is 2.80 bits per heavy atom. The summed E-state index contributed by atoms with van der Waals surface area (Å²) in [6.45, 7) is 6.35. The van der Waals surface area contributed by atoms with E-state index in [2.05, 4.69) is 40.5 Å². The topological polar surface area (TPSA) is 41.1 Å². The van der Waals surface area contributed by atoms with E-state index in [0.717, 1.165) is 30.5 Å². The highest BCUT2D eigenvalue weighted by Gasteiger charge is 2.10. The van der Waals surface area contributed by atoms with Gasteiger partial charge in [-0.25, -0.2) is 4.98 Å². The van der Waals surface area contributed by atoms with Crippen molar-refractivity contribution in [2.24, 2.45) is 5.92 Å². The zero-order valence-corrected chi connectivity index (χ0v) is 10.8. The summed E-state index contributed by atoms with van der Waals surface area (Å²) < 4.78 is 4.28. The highest BCUT2D eigenvalue weighted by atomic mass is 32.1. The Labute approximate surface area is 95.9 Å². The molecule has 0 aromatic carbocycles. The molecule has 0 saturated carbocycles. The third kappa shape index (κ3) is 3.76. The van der Waals surface area contributed by atoms with Gasteiger partial charge in [0.15, 0.2) is 0 Å². The number of aromatic nitrogens is 2. The lowest BCUT2D eigenvalue weighted by Gasteiger charge is -2.19. The molecule has 1 rings (SSSR count). The second-order valence-corrected chi connectivity index (χ2v) is 4.62. The van der Waals surface area contributed by atoms with Crippen molar-refractivity contribution in [3.8, 4) is 0 Å². The van der Waals surface area contributed by atoms with Crippen molar-refractivity contribution in [1.29, 1.82) is 0 Å². The Morgan fingerprint density at radius 2 is 2.27 bits per heavy atom. The third-order valence-corrected chi connectivity index (χ3v) is 3.11. The van der Waals surface area contributed by atoms with Crippen molar-refractivity contribution in [2.75, 3.05) is 32.1 Å². The zero-order chi connectivity index (χ0) is 11.3. The van der Waals surface area contributed by atoms with E-state index in [1.807, 2.05) is 7.05 Å². The highest BCUT2D eigenvalue weighted by Crippen LogP contribution is 2.16. The number of nitrogens with one attached hydrogen (secondary N) is 1. The predicted octanol–water partition coefficient (Wildman–Crippen LogP) is 1.39. The van der Waals surface area contributed by atoms with Crippen LogP contribution in [0.5, 0.6) is 0 Å². The Morgan fingerprint density at radius 1 is 1.53 bits per heavy atom. The van der Waals surface area contributed by atoms with Crippen molar-refractivity contribution in [2.45, 2.75) is 20.3 Å². The maximum Gasteiger partial charge on any atom is 0.204 e. The fourth-order valence-corrected chi connectivity index (χ4v) is 2.22. The minimum atomic E-state index is 0.619. The summed E-state index contributed by atoms with van der Waals surface area (Å²) in [6, 6.07) is 0. The molecule has 15 heavy (non-hydrogen) atoms. The molecule has 0 aliphatic carbocycles. The van der Waals surface area contributed by atoms with Gasteiger partial charge in [0.1, 0.15) is 5.82 Å². The first kappa shape index (κ1) is 12.4. The van der Waals surface area contributed by atoms with Crippen LogP contribution in [0.25, 0.3) is 0 Å². The van der Waals surface area contributed by atoms with Crippen molar-refractivity contribution in [1.82, 2.24) is 14.7 Å². The summed E-state index contributed by atoms with van der Waals surface area (Å²) in [5, 5.41) is 4.20.